The van der Waals surface area contributed by atoms with Gasteiger partial charge in [0.15, 0.2) is 0 Å². The van der Waals surface area contributed by atoms with Crippen LogP contribution in [0.25, 0.3) is 28.0 Å². The van der Waals surface area contributed by atoms with Crippen LogP contribution in [0, 0.1) is 0 Å². The second-order valence-electron chi connectivity index (χ2n) is 7.46. The first-order chi connectivity index (χ1) is 14.7. The number of fused-ring (bicyclic) bond motifs is 1. The Labute approximate surface area is 173 Å². The van der Waals surface area contributed by atoms with Crippen LogP contribution in [0.2, 0.25) is 0 Å². The van der Waals surface area contributed by atoms with E-state index in [1.165, 1.54) is 0 Å². The highest BCUT2D eigenvalue weighted by Crippen LogP contribution is 2.25. The number of benzene rings is 2. The van der Waals surface area contributed by atoms with Crippen molar-refractivity contribution in [1.82, 2.24) is 30.1 Å². The summed E-state index contributed by atoms with van der Waals surface area (Å²) >= 11 is 0. The highest BCUT2D eigenvalue weighted by Gasteiger charge is 2.29. The van der Waals surface area contributed by atoms with Crippen molar-refractivity contribution in [2.75, 3.05) is 20.3 Å². The van der Waals surface area contributed by atoms with E-state index in [1.54, 1.807) is 11.8 Å². The van der Waals surface area contributed by atoms with Gasteiger partial charge in [0.2, 0.25) is 0 Å². The third-order valence-corrected chi connectivity index (χ3v) is 5.58. The summed E-state index contributed by atoms with van der Waals surface area (Å²) in [4.78, 5) is 14.8. The van der Waals surface area contributed by atoms with E-state index in [2.05, 4.69) is 20.5 Å². The number of amides is 1. The number of nitrogens with one attached hydrogen (secondary N) is 1. The summed E-state index contributed by atoms with van der Waals surface area (Å²) in [6.07, 6.45) is 3.84. The van der Waals surface area contributed by atoms with Crippen molar-refractivity contribution in [3.63, 3.8) is 0 Å². The fourth-order valence-electron chi connectivity index (χ4n) is 4.05. The summed E-state index contributed by atoms with van der Waals surface area (Å²) in [6, 6.07) is 15.5. The Morgan fingerprint density at radius 3 is 2.87 bits per heavy atom. The molecule has 0 unspecified atom stereocenters. The molecule has 1 aliphatic rings. The quantitative estimate of drug-likeness (QED) is 0.554. The van der Waals surface area contributed by atoms with Crippen molar-refractivity contribution in [3.8, 4) is 17.1 Å². The lowest BCUT2D eigenvalue weighted by Crippen LogP contribution is -2.38. The van der Waals surface area contributed by atoms with Gasteiger partial charge in [-0.15, -0.1) is 5.10 Å². The van der Waals surface area contributed by atoms with E-state index in [0.717, 1.165) is 41.7 Å². The van der Waals surface area contributed by atoms with Gasteiger partial charge in [0, 0.05) is 24.6 Å². The van der Waals surface area contributed by atoms with Gasteiger partial charge in [0.05, 0.1) is 30.0 Å². The first-order valence-electron chi connectivity index (χ1n) is 10.0. The Hall–Kier alpha value is -3.52. The molecule has 4 aromatic rings. The molecule has 0 saturated carbocycles. The van der Waals surface area contributed by atoms with Crippen molar-refractivity contribution in [2.24, 2.45) is 0 Å². The topological polar surface area (TPSA) is 88.9 Å². The molecule has 1 atom stereocenters. The summed E-state index contributed by atoms with van der Waals surface area (Å²) in [6.45, 7) is 1.35. The van der Waals surface area contributed by atoms with E-state index in [9.17, 15) is 4.79 Å². The first kappa shape index (κ1) is 18.5. The van der Waals surface area contributed by atoms with Gasteiger partial charge < -0.3 is 9.64 Å². The predicted molar refractivity (Wildman–Crippen MR) is 112 cm³/mol. The largest absolute Gasteiger partial charge is 0.383 e. The number of rotatable bonds is 5. The molecule has 1 fully saturated rings. The molecule has 8 heteroatoms. The van der Waals surface area contributed by atoms with Crippen LogP contribution in [0.5, 0.6) is 0 Å². The molecule has 1 aliphatic heterocycles. The maximum absolute atomic E-state index is 12.9. The first-order valence-corrected chi connectivity index (χ1v) is 10.0. The number of aromatic amines is 1. The van der Waals surface area contributed by atoms with E-state index in [4.69, 9.17) is 4.74 Å². The molecule has 5 rings (SSSR count). The van der Waals surface area contributed by atoms with Gasteiger partial charge in [0.1, 0.15) is 11.4 Å². The highest BCUT2D eigenvalue weighted by molar-refractivity contribution is 5.95. The van der Waals surface area contributed by atoms with Crippen molar-refractivity contribution in [3.05, 3.63) is 60.3 Å². The minimum atomic E-state index is 0.0448. The molecule has 1 saturated heterocycles. The van der Waals surface area contributed by atoms with E-state index >= 15 is 0 Å². The fourth-order valence-corrected chi connectivity index (χ4v) is 4.05. The molecule has 0 spiro atoms. The maximum atomic E-state index is 12.9. The number of methoxy groups -OCH3 is 1. The predicted octanol–water partition coefficient (Wildman–Crippen LogP) is 3.06. The molecule has 8 nitrogen and oxygen atoms in total. The number of nitrogens with zero attached hydrogens (tertiary/aromatic N) is 5. The van der Waals surface area contributed by atoms with Crippen LogP contribution in [-0.4, -0.2) is 62.3 Å². The molecule has 1 amide bonds. The normalized spacial score (nSPS) is 16.4. The van der Waals surface area contributed by atoms with Crippen LogP contribution in [0.1, 0.15) is 23.2 Å². The minimum Gasteiger partial charge on any atom is -0.383 e. The number of hydrogen-bond acceptors (Lipinski definition) is 5. The van der Waals surface area contributed by atoms with E-state index in [-0.39, 0.29) is 11.9 Å². The third-order valence-electron chi connectivity index (χ3n) is 5.58. The van der Waals surface area contributed by atoms with Crippen LogP contribution < -0.4 is 0 Å². The Morgan fingerprint density at radius 2 is 2.03 bits per heavy atom. The minimum absolute atomic E-state index is 0.0448. The van der Waals surface area contributed by atoms with E-state index < -0.39 is 0 Å². The van der Waals surface area contributed by atoms with Crippen LogP contribution in [0.4, 0.5) is 0 Å². The molecule has 3 heterocycles. The fraction of sp³-hybridized carbons (Fsp3) is 0.273. The number of H-pyrrole nitrogens is 1. The molecule has 0 radical (unpaired) electrons. The second kappa shape index (κ2) is 7.72. The van der Waals surface area contributed by atoms with Crippen molar-refractivity contribution >= 4 is 16.8 Å². The Balaban J connectivity index is 1.37. The molecule has 30 heavy (non-hydrogen) atoms. The maximum Gasteiger partial charge on any atom is 0.254 e. The second-order valence-corrected chi connectivity index (χ2v) is 7.46. The third kappa shape index (κ3) is 3.25. The number of ether oxygens (including phenoxy) is 1. The van der Waals surface area contributed by atoms with Crippen LogP contribution in [0.3, 0.4) is 0 Å². The number of hydrogen-bond donors (Lipinski definition) is 1. The lowest BCUT2D eigenvalue weighted by Gasteiger charge is -2.24. The van der Waals surface area contributed by atoms with Gasteiger partial charge >= 0.3 is 0 Å². The van der Waals surface area contributed by atoms with Gasteiger partial charge in [-0.25, -0.2) is 4.68 Å². The van der Waals surface area contributed by atoms with E-state index in [0.29, 0.717) is 17.9 Å². The van der Waals surface area contributed by atoms with Crippen molar-refractivity contribution in [2.45, 2.75) is 18.9 Å². The average Bonchev–Trinajstić information content (AvgIpc) is 3.53. The Morgan fingerprint density at radius 1 is 1.20 bits per heavy atom. The summed E-state index contributed by atoms with van der Waals surface area (Å²) in [5.41, 5.74) is 3.91. The van der Waals surface area contributed by atoms with Crippen LogP contribution in [0.15, 0.2) is 54.7 Å². The summed E-state index contributed by atoms with van der Waals surface area (Å²) in [7, 11) is 1.67. The molecule has 0 bridgehead atoms. The zero-order valence-corrected chi connectivity index (χ0v) is 16.7. The molecule has 1 N–H and O–H groups in total. The summed E-state index contributed by atoms with van der Waals surface area (Å²) < 4.78 is 6.95. The number of aromatic nitrogens is 5. The molecular weight excluding hydrogens is 380 g/mol. The zero-order chi connectivity index (χ0) is 20.5. The van der Waals surface area contributed by atoms with Gasteiger partial charge in [-0.3, -0.25) is 9.89 Å². The average molecular weight is 402 g/mol. The van der Waals surface area contributed by atoms with E-state index in [1.807, 2.05) is 59.6 Å². The SMILES string of the molecule is COC[C@H]1CCCN1C(=O)c1ccc(-n2cc(-c3n[nH]c4ccccc34)nn2)cc1. The molecule has 0 aliphatic carbocycles. The smallest absolute Gasteiger partial charge is 0.254 e. The Kier molecular flexibility index (Phi) is 4.76. The highest BCUT2D eigenvalue weighted by atomic mass is 16.5. The molecule has 2 aromatic heterocycles. The lowest BCUT2D eigenvalue weighted by molar-refractivity contribution is 0.0630. The van der Waals surface area contributed by atoms with Crippen LogP contribution in [-0.2, 0) is 4.74 Å². The van der Waals surface area contributed by atoms with Gasteiger partial charge in [-0.1, -0.05) is 23.4 Å². The standard InChI is InChI=1S/C22H22N6O2/c1-30-14-17-5-4-12-27(17)22(29)15-8-10-16(11-9-15)28-13-20(24-26-28)21-18-6-2-3-7-19(18)23-25-21/h2-3,6-11,13,17H,4-5,12,14H2,1H3,(H,23,25)/t17-/m1/s1. The number of carbonyl (C=O) groups excluding carboxylic acids is 1. The van der Waals surface area contributed by atoms with Crippen LogP contribution >= 0.6 is 0 Å². The van der Waals surface area contributed by atoms with Gasteiger partial charge in [-0.2, -0.15) is 5.10 Å². The zero-order valence-electron chi connectivity index (χ0n) is 16.7. The number of carbonyl (C=O) groups is 1. The number of likely N-dealkylation sites (tertiary alicyclic amines) is 1. The van der Waals surface area contributed by atoms with Gasteiger partial charge in [0.25, 0.3) is 5.91 Å². The molecular formula is C22H22N6O2. The van der Waals surface area contributed by atoms with Crippen molar-refractivity contribution in [1.29, 1.82) is 0 Å². The monoisotopic (exact) mass is 402 g/mol. The number of para-hydroxylation sites is 1. The molecule has 2 aromatic carbocycles. The summed E-state index contributed by atoms with van der Waals surface area (Å²) in [5.74, 6) is 0.0448. The van der Waals surface area contributed by atoms with Crippen molar-refractivity contribution < 1.29 is 9.53 Å². The summed E-state index contributed by atoms with van der Waals surface area (Å²) in [5, 5.41) is 16.9. The lowest BCUT2D eigenvalue weighted by atomic mass is 10.1. The van der Waals surface area contributed by atoms with Gasteiger partial charge in [-0.05, 0) is 43.2 Å². The Bertz CT molecular complexity index is 1180. The molecule has 152 valence electrons.